The molecule has 0 bridgehead atoms. The van der Waals surface area contributed by atoms with E-state index in [4.69, 9.17) is 23.3 Å². The molecule has 3 atom stereocenters. The first-order valence-electron chi connectivity index (χ1n) is 31.5. The van der Waals surface area contributed by atoms with Crippen LogP contribution in [-0.4, -0.2) is 66.5 Å². The SMILES string of the molecule is CC/C=C\C/C=C\C/C=C\CCCCCCCCCC(=O)OC(CO)COP(=O)(O)OCC(COC(=O)CCCCCCC/C=C\CCCCCC)OC(=O)CCCCCCCCCCCCCCCCCCCCC. The first-order chi connectivity index (χ1) is 37.2. The number of carbonyl (C=O) groups excluding carboxylic acids is 3. The van der Waals surface area contributed by atoms with E-state index < -0.39 is 57.8 Å². The summed E-state index contributed by atoms with van der Waals surface area (Å²) in [6, 6.07) is 0. The standard InChI is InChI=1S/C64H117O11P/c1-4-7-10-13-16-19-22-25-27-29-30-32-34-37-40-43-46-49-52-55-64(68)75-61(57-71-62(66)53-50-47-44-41-38-35-24-21-18-15-12-9-6-3)59-73-76(69,70)72-58-60(56-65)74-63(67)54-51-48-45-42-39-36-33-31-28-26-23-20-17-14-11-8-5-2/h8,11,17,20-21,24,26,28,60-61,65H,4-7,9-10,12-16,18-19,22-23,25,27,29-59H2,1-3H3,(H,69,70)/b11-8-,20-17-,24-21-,28-26-. The topological polar surface area (TPSA) is 155 Å². The van der Waals surface area contributed by atoms with E-state index in [0.29, 0.717) is 19.3 Å². The van der Waals surface area contributed by atoms with E-state index in [0.717, 1.165) is 109 Å². The maximum absolute atomic E-state index is 12.9. The van der Waals surface area contributed by atoms with E-state index in [2.05, 4.69) is 69.4 Å². The third-order valence-corrected chi connectivity index (χ3v) is 14.7. The van der Waals surface area contributed by atoms with Crippen LogP contribution >= 0.6 is 7.82 Å². The highest BCUT2D eigenvalue weighted by atomic mass is 31.2. The minimum absolute atomic E-state index is 0.167. The van der Waals surface area contributed by atoms with Crippen LogP contribution in [0.5, 0.6) is 0 Å². The van der Waals surface area contributed by atoms with Crippen LogP contribution in [0.2, 0.25) is 0 Å². The fraction of sp³-hybridized carbons (Fsp3) is 0.828. The molecule has 0 rings (SSSR count). The Labute approximate surface area is 466 Å². The van der Waals surface area contributed by atoms with Crippen LogP contribution in [0.15, 0.2) is 48.6 Å². The third-order valence-electron chi connectivity index (χ3n) is 13.7. The predicted octanol–water partition coefficient (Wildman–Crippen LogP) is 18.9. The van der Waals surface area contributed by atoms with E-state index in [1.165, 1.54) is 135 Å². The average molecular weight is 1090 g/mol. The fourth-order valence-corrected chi connectivity index (χ4v) is 9.74. The molecule has 3 unspecified atom stereocenters. The molecule has 12 heteroatoms. The van der Waals surface area contributed by atoms with Crippen molar-refractivity contribution >= 4 is 25.7 Å². The number of aliphatic hydroxyl groups excluding tert-OH is 1. The highest BCUT2D eigenvalue weighted by molar-refractivity contribution is 7.47. The zero-order chi connectivity index (χ0) is 55.5. The van der Waals surface area contributed by atoms with Crippen LogP contribution in [0.4, 0.5) is 0 Å². The Hall–Kier alpha value is -2.56. The summed E-state index contributed by atoms with van der Waals surface area (Å²) in [5, 5.41) is 9.84. The quantitative estimate of drug-likeness (QED) is 0.0197. The molecule has 444 valence electrons. The van der Waals surface area contributed by atoms with Crippen LogP contribution in [0.3, 0.4) is 0 Å². The molecule has 0 heterocycles. The number of hydrogen-bond acceptors (Lipinski definition) is 10. The minimum Gasteiger partial charge on any atom is -0.462 e. The molecule has 2 N–H and O–H groups in total. The van der Waals surface area contributed by atoms with Crippen LogP contribution in [0.1, 0.15) is 303 Å². The van der Waals surface area contributed by atoms with Gasteiger partial charge in [-0.3, -0.25) is 23.4 Å². The van der Waals surface area contributed by atoms with Gasteiger partial charge in [0, 0.05) is 19.3 Å². The number of hydrogen-bond donors (Lipinski definition) is 2. The molecule has 0 aliphatic heterocycles. The minimum atomic E-state index is -4.75. The highest BCUT2D eigenvalue weighted by Gasteiger charge is 2.28. The molecule has 0 aromatic carbocycles. The number of phosphoric acid groups is 1. The third kappa shape index (κ3) is 56.2. The summed E-state index contributed by atoms with van der Waals surface area (Å²) in [6.07, 6.45) is 63.5. The van der Waals surface area contributed by atoms with Crippen LogP contribution in [-0.2, 0) is 42.2 Å². The van der Waals surface area contributed by atoms with Gasteiger partial charge in [-0.1, -0.05) is 256 Å². The van der Waals surface area contributed by atoms with Crippen molar-refractivity contribution in [3.63, 3.8) is 0 Å². The summed E-state index contributed by atoms with van der Waals surface area (Å²) in [4.78, 5) is 48.7. The van der Waals surface area contributed by atoms with Crippen molar-refractivity contribution in [2.75, 3.05) is 26.4 Å². The van der Waals surface area contributed by atoms with Gasteiger partial charge in [0.25, 0.3) is 0 Å². The molecule has 0 fully saturated rings. The Morgan fingerprint density at radius 2 is 0.684 bits per heavy atom. The van der Waals surface area contributed by atoms with E-state index in [1.807, 2.05) is 0 Å². The molecule has 0 aromatic rings. The molecule has 76 heavy (non-hydrogen) atoms. The molecule has 0 aliphatic carbocycles. The molecule has 0 radical (unpaired) electrons. The number of carbonyl (C=O) groups is 3. The van der Waals surface area contributed by atoms with Crippen LogP contribution in [0.25, 0.3) is 0 Å². The second-order valence-electron chi connectivity index (χ2n) is 21.2. The maximum atomic E-state index is 12.9. The molecule has 0 saturated heterocycles. The summed E-state index contributed by atoms with van der Waals surface area (Å²) >= 11 is 0. The molecular weight excluding hydrogens is 976 g/mol. The van der Waals surface area contributed by atoms with E-state index in [9.17, 15) is 28.9 Å². The smallest absolute Gasteiger partial charge is 0.462 e. The van der Waals surface area contributed by atoms with Crippen molar-refractivity contribution in [1.29, 1.82) is 0 Å². The van der Waals surface area contributed by atoms with Crippen molar-refractivity contribution < 1.29 is 52.2 Å². The van der Waals surface area contributed by atoms with E-state index in [-0.39, 0.29) is 25.9 Å². The van der Waals surface area contributed by atoms with Crippen LogP contribution < -0.4 is 0 Å². The van der Waals surface area contributed by atoms with E-state index in [1.54, 1.807) is 0 Å². The monoisotopic (exact) mass is 1090 g/mol. The molecule has 0 spiro atoms. The molecule has 0 aromatic heterocycles. The van der Waals surface area contributed by atoms with Crippen molar-refractivity contribution in [1.82, 2.24) is 0 Å². The number of phosphoric ester groups is 1. The summed E-state index contributed by atoms with van der Waals surface area (Å²) in [5.41, 5.74) is 0. The summed E-state index contributed by atoms with van der Waals surface area (Å²) in [6.45, 7) is 4.56. The maximum Gasteiger partial charge on any atom is 0.472 e. The van der Waals surface area contributed by atoms with Gasteiger partial charge in [-0.05, 0) is 77.0 Å². The van der Waals surface area contributed by atoms with Gasteiger partial charge in [0.2, 0.25) is 0 Å². The second-order valence-corrected chi connectivity index (χ2v) is 22.7. The van der Waals surface area contributed by atoms with Gasteiger partial charge < -0.3 is 24.2 Å². The summed E-state index contributed by atoms with van der Waals surface area (Å²) in [7, 11) is -4.75. The van der Waals surface area contributed by atoms with Gasteiger partial charge in [0.05, 0.1) is 19.8 Å². The first-order valence-corrected chi connectivity index (χ1v) is 33.0. The Morgan fingerprint density at radius 1 is 0.382 bits per heavy atom. The largest absolute Gasteiger partial charge is 0.472 e. The average Bonchev–Trinajstić information content (AvgIpc) is 3.41. The Balaban J connectivity index is 4.65. The Morgan fingerprint density at radius 3 is 1.08 bits per heavy atom. The zero-order valence-electron chi connectivity index (χ0n) is 49.2. The van der Waals surface area contributed by atoms with Gasteiger partial charge in [0.15, 0.2) is 6.10 Å². The Kier molecular flexibility index (Phi) is 56.6. The van der Waals surface area contributed by atoms with Crippen LogP contribution in [0, 0.1) is 0 Å². The van der Waals surface area contributed by atoms with E-state index >= 15 is 0 Å². The molecular formula is C64H117O11P. The lowest BCUT2D eigenvalue weighted by atomic mass is 10.0. The van der Waals surface area contributed by atoms with Gasteiger partial charge in [-0.25, -0.2) is 4.57 Å². The lowest BCUT2D eigenvalue weighted by Crippen LogP contribution is -2.30. The fourth-order valence-electron chi connectivity index (χ4n) is 8.96. The number of aliphatic hydroxyl groups is 1. The predicted molar refractivity (Wildman–Crippen MR) is 316 cm³/mol. The van der Waals surface area contributed by atoms with Crippen molar-refractivity contribution in [3.8, 4) is 0 Å². The van der Waals surface area contributed by atoms with Gasteiger partial charge >= 0.3 is 25.7 Å². The zero-order valence-corrected chi connectivity index (χ0v) is 50.1. The molecule has 0 amide bonds. The number of unbranched alkanes of at least 4 members (excludes halogenated alkanes) is 34. The summed E-state index contributed by atoms with van der Waals surface area (Å²) < 4.78 is 39.6. The number of allylic oxidation sites excluding steroid dienone is 8. The Bertz CT molecular complexity index is 1460. The van der Waals surface area contributed by atoms with Gasteiger partial charge in [-0.2, -0.15) is 0 Å². The second kappa shape index (κ2) is 58.6. The van der Waals surface area contributed by atoms with Gasteiger partial charge in [-0.15, -0.1) is 0 Å². The van der Waals surface area contributed by atoms with Crippen molar-refractivity contribution in [2.45, 2.75) is 315 Å². The lowest BCUT2D eigenvalue weighted by Gasteiger charge is -2.21. The normalized spacial score (nSPS) is 13.6. The van der Waals surface area contributed by atoms with Crippen molar-refractivity contribution in [2.24, 2.45) is 0 Å². The molecule has 0 saturated carbocycles. The van der Waals surface area contributed by atoms with Crippen molar-refractivity contribution in [3.05, 3.63) is 48.6 Å². The highest BCUT2D eigenvalue weighted by Crippen LogP contribution is 2.43. The number of rotatable bonds is 59. The van der Waals surface area contributed by atoms with Gasteiger partial charge in [0.1, 0.15) is 12.7 Å². The first kappa shape index (κ1) is 73.4. The molecule has 11 nitrogen and oxygen atoms in total. The lowest BCUT2D eigenvalue weighted by molar-refractivity contribution is -0.161. The number of esters is 3. The number of ether oxygens (including phenoxy) is 3. The molecule has 0 aliphatic rings. The summed E-state index contributed by atoms with van der Waals surface area (Å²) in [5.74, 6) is -1.46.